The number of hydrogen-bond acceptors (Lipinski definition) is 8. The molecule has 0 aliphatic carbocycles. The van der Waals surface area contributed by atoms with Crippen LogP contribution in [-0.4, -0.2) is 37.5 Å². The highest BCUT2D eigenvalue weighted by Gasteiger charge is 2.28. The Kier molecular flexibility index (Phi) is 5.60. The molecule has 142 valence electrons. The monoisotopic (exact) mass is 375 g/mol. The number of benzene rings is 2. The standard InChI is InChI=1S/C18H17NO8/c1-2-23-12-3-5-13(6-4-12)24-7-8-25-18(20)14-9-16-17(27-11-26-16)10-15(14)19(21)22/h3-6,9-10H,2,7-8,11H2,1H3. The molecule has 27 heavy (non-hydrogen) atoms. The Morgan fingerprint density at radius 1 is 1.07 bits per heavy atom. The summed E-state index contributed by atoms with van der Waals surface area (Å²) in [6, 6.07) is 9.39. The van der Waals surface area contributed by atoms with Crippen LogP contribution in [0.4, 0.5) is 5.69 Å². The Balaban J connectivity index is 1.56. The molecule has 9 heteroatoms. The molecule has 3 rings (SSSR count). The molecule has 0 saturated heterocycles. The number of nitro groups is 1. The van der Waals surface area contributed by atoms with Gasteiger partial charge in [-0.05, 0) is 31.2 Å². The maximum absolute atomic E-state index is 12.2. The average molecular weight is 375 g/mol. The van der Waals surface area contributed by atoms with Crippen LogP contribution in [-0.2, 0) is 4.74 Å². The summed E-state index contributed by atoms with van der Waals surface area (Å²) in [5, 5.41) is 11.2. The second-order valence-electron chi connectivity index (χ2n) is 5.37. The van der Waals surface area contributed by atoms with Crippen LogP contribution in [0.3, 0.4) is 0 Å². The Morgan fingerprint density at radius 2 is 1.70 bits per heavy atom. The number of nitrogens with zero attached hydrogens (tertiary/aromatic N) is 1. The molecule has 0 atom stereocenters. The van der Waals surface area contributed by atoms with Gasteiger partial charge in [0.05, 0.1) is 17.6 Å². The fourth-order valence-corrected chi connectivity index (χ4v) is 2.42. The highest BCUT2D eigenvalue weighted by atomic mass is 16.7. The molecule has 9 nitrogen and oxygen atoms in total. The van der Waals surface area contributed by atoms with Crippen molar-refractivity contribution in [1.82, 2.24) is 0 Å². The van der Waals surface area contributed by atoms with Gasteiger partial charge in [-0.15, -0.1) is 0 Å². The lowest BCUT2D eigenvalue weighted by Gasteiger charge is -2.09. The van der Waals surface area contributed by atoms with E-state index in [-0.39, 0.29) is 37.1 Å². The Bertz CT molecular complexity index is 834. The molecule has 0 amide bonds. The summed E-state index contributed by atoms with van der Waals surface area (Å²) < 4.78 is 26.1. The van der Waals surface area contributed by atoms with Crippen molar-refractivity contribution in [3.8, 4) is 23.0 Å². The van der Waals surface area contributed by atoms with Gasteiger partial charge in [-0.2, -0.15) is 0 Å². The SMILES string of the molecule is CCOc1ccc(OCCOC(=O)c2cc3c(cc2[N+](=O)[O-])OCO3)cc1. The smallest absolute Gasteiger partial charge is 0.345 e. The minimum Gasteiger partial charge on any atom is -0.494 e. The molecule has 0 radical (unpaired) electrons. The van der Waals surface area contributed by atoms with E-state index < -0.39 is 16.6 Å². The molecule has 0 aromatic heterocycles. The summed E-state index contributed by atoms with van der Waals surface area (Å²) in [6.07, 6.45) is 0. The average Bonchev–Trinajstić information content (AvgIpc) is 3.13. The van der Waals surface area contributed by atoms with Crippen molar-refractivity contribution in [2.45, 2.75) is 6.92 Å². The number of carbonyl (C=O) groups excluding carboxylic acids is 1. The van der Waals surface area contributed by atoms with Gasteiger partial charge < -0.3 is 23.7 Å². The second kappa shape index (κ2) is 8.26. The molecular formula is C18H17NO8. The lowest BCUT2D eigenvalue weighted by Crippen LogP contribution is -2.13. The van der Waals surface area contributed by atoms with Crippen molar-refractivity contribution >= 4 is 11.7 Å². The fourth-order valence-electron chi connectivity index (χ4n) is 2.42. The first kappa shape index (κ1) is 18.3. The van der Waals surface area contributed by atoms with Crippen LogP contribution < -0.4 is 18.9 Å². The van der Waals surface area contributed by atoms with Crippen LogP contribution in [0, 0.1) is 10.1 Å². The zero-order valence-electron chi connectivity index (χ0n) is 14.5. The number of ether oxygens (including phenoxy) is 5. The van der Waals surface area contributed by atoms with Gasteiger partial charge in [-0.3, -0.25) is 10.1 Å². The predicted molar refractivity (Wildman–Crippen MR) is 92.6 cm³/mol. The minimum absolute atomic E-state index is 0.0546. The molecule has 2 aromatic carbocycles. The van der Waals surface area contributed by atoms with E-state index in [1.807, 2.05) is 6.92 Å². The summed E-state index contributed by atoms with van der Waals surface area (Å²) in [5.74, 6) is 0.959. The second-order valence-corrected chi connectivity index (χ2v) is 5.37. The quantitative estimate of drug-likeness (QED) is 0.300. The highest BCUT2D eigenvalue weighted by molar-refractivity contribution is 5.95. The number of esters is 1. The van der Waals surface area contributed by atoms with Gasteiger partial charge in [0.1, 0.15) is 30.3 Å². The third kappa shape index (κ3) is 4.38. The van der Waals surface area contributed by atoms with Gasteiger partial charge in [0.2, 0.25) is 6.79 Å². The van der Waals surface area contributed by atoms with Crippen LogP contribution in [0.2, 0.25) is 0 Å². The van der Waals surface area contributed by atoms with Crippen LogP contribution in [0.15, 0.2) is 36.4 Å². The van der Waals surface area contributed by atoms with E-state index in [2.05, 4.69) is 0 Å². The van der Waals surface area contributed by atoms with E-state index >= 15 is 0 Å². The Labute approximate surface area is 154 Å². The molecule has 1 heterocycles. The number of carbonyl (C=O) groups is 1. The molecule has 0 saturated carbocycles. The lowest BCUT2D eigenvalue weighted by atomic mass is 10.1. The Morgan fingerprint density at radius 3 is 2.33 bits per heavy atom. The number of hydrogen-bond donors (Lipinski definition) is 0. The van der Waals surface area contributed by atoms with E-state index in [0.29, 0.717) is 12.4 Å². The van der Waals surface area contributed by atoms with Crippen molar-refractivity contribution in [1.29, 1.82) is 0 Å². The summed E-state index contributed by atoms with van der Waals surface area (Å²) in [4.78, 5) is 22.7. The maximum Gasteiger partial charge on any atom is 0.345 e. The summed E-state index contributed by atoms with van der Waals surface area (Å²) in [5.41, 5.74) is -0.609. The maximum atomic E-state index is 12.2. The van der Waals surface area contributed by atoms with Gasteiger partial charge in [-0.1, -0.05) is 0 Å². The van der Waals surface area contributed by atoms with E-state index in [1.165, 1.54) is 6.07 Å². The number of fused-ring (bicyclic) bond motifs is 1. The first-order valence-corrected chi connectivity index (χ1v) is 8.19. The normalized spacial score (nSPS) is 11.7. The third-order valence-corrected chi connectivity index (χ3v) is 3.63. The van der Waals surface area contributed by atoms with Crippen molar-refractivity contribution in [2.24, 2.45) is 0 Å². The van der Waals surface area contributed by atoms with Gasteiger partial charge in [0.15, 0.2) is 11.5 Å². The third-order valence-electron chi connectivity index (χ3n) is 3.63. The van der Waals surface area contributed by atoms with Crippen LogP contribution in [0.25, 0.3) is 0 Å². The van der Waals surface area contributed by atoms with Gasteiger partial charge in [0.25, 0.3) is 5.69 Å². The fraction of sp³-hybridized carbons (Fsp3) is 0.278. The molecule has 1 aliphatic heterocycles. The van der Waals surface area contributed by atoms with Crippen LogP contribution in [0.1, 0.15) is 17.3 Å². The molecule has 0 spiro atoms. The molecule has 0 fully saturated rings. The molecule has 0 bridgehead atoms. The molecular weight excluding hydrogens is 358 g/mol. The summed E-state index contributed by atoms with van der Waals surface area (Å²) >= 11 is 0. The van der Waals surface area contributed by atoms with Gasteiger partial charge >= 0.3 is 5.97 Å². The molecule has 2 aromatic rings. The van der Waals surface area contributed by atoms with Crippen molar-refractivity contribution in [2.75, 3.05) is 26.6 Å². The molecule has 0 N–H and O–H groups in total. The number of nitro benzene ring substituents is 1. The van der Waals surface area contributed by atoms with Crippen LogP contribution >= 0.6 is 0 Å². The number of rotatable bonds is 8. The molecule has 1 aliphatic rings. The van der Waals surface area contributed by atoms with E-state index in [9.17, 15) is 14.9 Å². The van der Waals surface area contributed by atoms with E-state index in [0.717, 1.165) is 11.8 Å². The van der Waals surface area contributed by atoms with Crippen LogP contribution in [0.5, 0.6) is 23.0 Å². The van der Waals surface area contributed by atoms with E-state index in [1.54, 1.807) is 24.3 Å². The highest BCUT2D eigenvalue weighted by Crippen LogP contribution is 2.38. The Hall–Kier alpha value is -3.49. The predicted octanol–water partition coefficient (Wildman–Crippen LogP) is 2.96. The first-order chi connectivity index (χ1) is 13.1. The van der Waals surface area contributed by atoms with Crippen molar-refractivity contribution < 1.29 is 33.4 Å². The lowest BCUT2D eigenvalue weighted by molar-refractivity contribution is -0.385. The summed E-state index contributed by atoms with van der Waals surface area (Å²) in [7, 11) is 0. The van der Waals surface area contributed by atoms with Crippen molar-refractivity contribution in [3.05, 3.63) is 52.1 Å². The first-order valence-electron chi connectivity index (χ1n) is 8.19. The van der Waals surface area contributed by atoms with Gasteiger partial charge in [0, 0.05) is 6.07 Å². The largest absolute Gasteiger partial charge is 0.494 e. The topological polar surface area (TPSA) is 106 Å². The zero-order valence-corrected chi connectivity index (χ0v) is 14.5. The van der Waals surface area contributed by atoms with Gasteiger partial charge in [-0.25, -0.2) is 4.79 Å². The minimum atomic E-state index is -0.838. The summed E-state index contributed by atoms with van der Waals surface area (Å²) in [6.45, 7) is 2.43. The van der Waals surface area contributed by atoms with Crippen molar-refractivity contribution in [3.63, 3.8) is 0 Å². The zero-order chi connectivity index (χ0) is 19.2. The molecule has 0 unspecified atom stereocenters. The van der Waals surface area contributed by atoms with E-state index in [4.69, 9.17) is 23.7 Å².